The summed E-state index contributed by atoms with van der Waals surface area (Å²) < 4.78 is 0. The first-order chi connectivity index (χ1) is 5.13. The molecule has 0 aromatic heterocycles. The molecular formula is C10H18O. The summed E-state index contributed by atoms with van der Waals surface area (Å²) >= 11 is 0. The lowest BCUT2D eigenvalue weighted by Gasteiger charge is -2.05. The first-order valence-corrected chi connectivity index (χ1v) is 4.33. The smallest absolute Gasteiger partial charge is 0.155 e. The highest BCUT2D eigenvalue weighted by atomic mass is 16.1. The molecule has 0 fully saturated rings. The molecular weight excluding hydrogens is 136 g/mol. The van der Waals surface area contributed by atoms with Gasteiger partial charge < -0.3 is 0 Å². The lowest BCUT2D eigenvalue weighted by Crippen LogP contribution is -1.98. The molecule has 0 amide bonds. The van der Waals surface area contributed by atoms with Gasteiger partial charge in [-0.2, -0.15) is 0 Å². The summed E-state index contributed by atoms with van der Waals surface area (Å²) in [4.78, 5) is 11.0. The molecule has 0 unspecified atom stereocenters. The zero-order valence-electron chi connectivity index (χ0n) is 8.03. The van der Waals surface area contributed by atoms with E-state index in [0.717, 1.165) is 24.8 Å². The molecule has 0 aromatic rings. The Balaban J connectivity index is 4.40. The fourth-order valence-electron chi connectivity index (χ4n) is 1.38. The second kappa shape index (κ2) is 5.11. The van der Waals surface area contributed by atoms with Crippen LogP contribution in [0.1, 0.15) is 47.0 Å². The Bertz CT molecular complexity index is 166. The van der Waals surface area contributed by atoms with Crippen LogP contribution in [0.2, 0.25) is 0 Å². The minimum absolute atomic E-state index is 0.235. The number of rotatable bonds is 4. The molecule has 0 aromatic carbocycles. The van der Waals surface area contributed by atoms with E-state index in [9.17, 15) is 4.79 Å². The number of carbonyl (C=O) groups is 1. The highest BCUT2D eigenvalue weighted by Crippen LogP contribution is 2.14. The van der Waals surface area contributed by atoms with E-state index in [1.807, 2.05) is 6.92 Å². The quantitative estimate of drug-likeness (QED) is 0.569. The van der Waals surface area contributed by atoms with Crippen LogP contribution in [-0.2, 0) is 4.79 Å². The number of ketones is 1. The van der Waals surface area contributed by atoms with Gasteiger partial charge in [0.1, 0.15) is 0 Å². The van der Waals surface area contributed by atoms with Gasteiger partial charge in [-0.15, -0.1) is 0 Å². The van der Waals surface area contributed by atoms with Crippen molar-refractivity contribution in [2.24, 2.45) is 0 Å². The van der Waals surface area contributed by atoms with Crippen LogP contribution in [0.25, 0.3) is 0 Å². The summed E-state index contributed by atoms with van der Waals surface area (Å²) in [5, 5.41) is 0. The molecule has 0 heterocycles. The van der Waals surface area contributed by atoms with Crippen molar-refractivity contribution in [2.45, 2.75) is 47.0 Å². The molecule has 0 N–H and O–H groups in total. The van der Waals surface area contributed by atoms with Crippen molar-refractivity contribution in [1.82, 2.24) is 0 Å². The van der Waals surface area contributed by atoms with Gasteiger partial charge in [0.05, 0.1) is 0 Å². The monoisotopic (exact) mass is 154 g/mol. The predicted molar refractivity (Wildman–Crippen MR) is 48.6 cm³/mol. The normalized spacial score (nSPS) is 12.7. The van der Waals surface area contributed by atoms with Gasteiger partial charge in [-0.25, -0.2) is 0 Å². The molecule has 1 heteroatoms. The average Bonchev–Trinajstić information content (AvgIpc) is 1.88. The highest BCUT2D eigenvalue weighted by Gasteiger charge is 2.03. The molecule has 0 rings (SSSR count). The standard InChI is InChI=1S/C10H18O/c1-5-7-8(3)10(6-2)9(4)11/h5-7H2,1-4H3/b10-8+. The largest absolute Gasteiger partial charge is 0.295 e. The van der Waals surface area contributed by atoms with Crippen LogP contribution in [0.15, 0.2) is 11.1 Å². The van der Waals surface area contributed by atoms with Gasteiger partial charge in [0.2, 0.25) is 0 Å². The van der Waals surface area contributed by atoms with E-state index >= 15 is 0 Å². The maximum Gasteiger partial charge on any atom is 0.155 e. The second-order valence-electron chi connectivity index (χ2n) is 2.92. The van der Waals surface area contributed by atoms with Gasteiger partial charge in [0.25, 0.3) is 0 Å². The van der Waals surface area contributed by atoms with E-state index < -0.39 is 0 Å². The van der Waals surface area contributed by atoms with Gasteiger partial charge in [-0.3, -0.25) is 4.79 Å². The Morgan fingerprint density at radius 2 is 1.73 bits per heavy atom. The molecule has 0 radical (unpaired) electrons. The minimum atomic E-state index is 0.235. The SMILES string of the molecule is CCC/C(C)=C(\CC)C(C)=O. The lowest BCUT2D eigenvalue weighted by molar-refractivity contribution is -0.113. The van der Waals surface area contributed by atoms with E-state index in [2.05, 4.69) is 13.8 Å². The van der Waals surface area contributed by atoms with Crippen molar-refractivity contribution < 1.29 is 4.79 Å². The Labute approximate surface area is 69.5 Å². The Hall–Kier alpha value is -0.590. The zero-order valence-corrected chi connectivity index (χ0v) is 8.03. The summed E-state index contributed by atoms with van der Waals surface area (Å²) in [7, 11) is 0. The summed E-state index contributed by atoms with van der Waals surface area (Å²) in [5.41, 5.74) is 2.29. The Morgan fingerprint density at radius 1 is 1.18 bits per heavy atom. The fourth-order valence-corrected chi connectivity index (χ4v) is 1.38. The van der Waals surface area contributed by atoms with E-state index in [1.54, 1.807) is 6.92 Å². The van der Waals surface area contributed by atoms with Crippen molar-refractivity contribution in [3.05, 3.63) is 11.1 Å². The zero-order chi connectivity index (χ0) is 8.85. The van der Waals surface area contributed by atoms with Crippen LogP contribution in [0.4, 0.5) is 0 Å². The molecule has 0 spiro atoms. The summed E-state index contributed by atoms with van der Waals surface area (Å²) in [5.74, 6) is 0.235. The van der Waals surface area contributed by atoms with Crippen molar-refractivity contribution in [3.8, 4) is 0 Å². The van der Waals surface area contributed by atoms with Gasteiger partial charge in [-0.1, -0.05) is 25.8 Å². The van der Waals surface area contributed by atoms with Crippen molar-refractivity contribution >= 4 is 5.78 Å². The van der Waals surface area contributed by atoms with Gasteiger partial charge in [0.15, 0.2) is 5.78 Å². The van der Waals surface area contributed by atoms with Gasteiger partial charge in [0, 0.05) is 0 Å². The summed E-state index contributed by atoms with van der Waals surface area (Å²) in [6, 6.07) is 0. The van der Waals surface area contributed by atoms with Gasteiger partial charge >= 0.3 is 0 Å². The van der Waals surface area contributed by atoms with E-state index in [-0.39, 0.29) is 5.78 Å². The molecule has 0 atom stereocenters. The van der Waals surface area contributed by atoms with Gasteiger partial charge in [-0.05, 0) is 32.3 Å². The third-order valence-electron chi connectivity index (χ3n) is 1.92. The molecule has 0 saturated heterocycles. The second-order valence-corrected chi connectivity index (χ2v) is 2.92. The number of Topliss-reactive ketones (excluding diaryl/α,β-unsaturated/α-hetero) is 1. The highest BCUT2D eigenvalue weighted by molar-refractivity contribution is 5.93. The Morgan fingerprint density at radius 3 is 2.00 bits per heavy atom. The number of allylic oxidation sites excluding steroid dienone is 2. The molecule has 11 heavy (non-hydrogen) atoms. The van der Waals surface area contributed by atoms with E-state index in [1.165, 1.54) is 5.57 Å². The molecule has 0 aliphatic rings. The fraction of sp³-hybridized carbons (Fsp3) is 0.700. The van der Waals surface area contributed by atoms with Crippen LogP contribution in [0.5, 0.6) is 0 Å². The number of hydrogen-bond donors (Lipinski definition) is 0. The number of hydrogen-bond acceptors (Lipinski definition) is 1. The summed E-state index contributed by atoms with van der Waals surface area (Å²) in [6.07, 6.45) is 3.06. The van der Waals surface area contributed by atoms with Crippen molar-refractivity contribution in [1.29, 1.82) is 0 Å². The molecule has 0 aliphatic carbocycles. The number of carbonyl (C=O) groups excluding carboxylic acids is 1. The maximum atomic E-state index is 11.0. The third-order valence-corrected chi connectivity index (χ3v) is 1.92. The Kier molecular flexibility index (Phi) is 4.84. The van der Waals surface area contributed by atoms with Crippen LogP contribution < -0.4 is 0 Å². The first-order valence-electron chi connectivity index (χ1n) is 4.33. The third kappa shape index (κ3) is 3.35. The molecule has 1 nitrogen and oxygen atoms in total. The predicted octanol–water partition coefficient (Wildman–Crippen LogP) is 3.10. The minimum Gasteiger partial charge on any atom is -0.295 e. The molecule has 0 saturated carbocycles. The average molecular weight is 154 g/mol. The van der Waals surface area contributed by atoms with Crippen LogP contribution in [-0.4, -0.2) is 5.78 Å². The van der Waals surface area contributed by atoms with Crippen LogP contribution >= 0.6 is 0 Å². The van der Waals surface area contributed by atoms with E-state index in [4.69, 9.17) is 0 Å². The lowest BCUT2D eigenvalue weighted by atomic mass is 10.0. The van der Waals surface area contributed by atoms with Crippen molar-refractivity contribution in [3.63, 3.8) is 0 Å². The topological polar surface area (TPSA) is 17.1 Å². The molecule has 0 aliphatic heterocycles. The van der Waals surface area contributed by atoms with Crippen molar-refractivity contribution in [2.75, 3.05) is 0 Å². The molecule has 0 bridgehead atoms. The summed E-state index contributed by atoms with van der Waals surface area (Å²) in [6.45, 7) is 7.88. The van der Waals surface area contributed by atoms with Crippen LogP contribution in [0, 0.1) is 0 Å². The maximum absolute atomic E-state index is 11.0. The molecule has 64 valence electrons. The van der Waals surface area contributed by atoms with Crippen LogP contribution in [0.3, 0.4) is 0 Å². The van der Waals surface area contributed by atoms with E-state index in [0.29, 0.717) is 0 Å². The first kappa shape index (κ1) is 10.4.